The molecular formula is C17H26BClN2O3. The van der Waals surface area contributed by atoms with Gasteiger partial charge in [0.2, 0.25) is 0 Å². The van der Waals surface area contributed by atoms with Crippen molar-refractivity contribution in [2.24, 2.45) is 0 Å². The first kappa shape index (κ1) is 19.3. The lowest BCUT2D eigenvalue weighted by Gasteiger charge is -2.32. The van der Waals surface area contributed by atoms with E-state index in [1.807, 2.05) is 56.9 Å². The first-order valence-corrected chi connectivity index (χ1v) is 8.26. The average molecular weight is 353 g/mol. The summed E-state index contributed by atoms with van der Waals surface area (Å²) < 4.78 is 12.1. The highest BCUT2D eigenvalue weighted by atomic mass is 35.5. The summed E-state index contributed by atoms with van der Waals surface area (Å²) in [6.07, 6.45) is 0. The van der Waals surface area contributed by atoms with Crippen LogP contribution in [-0.2, 0) is 9.31 Å². The Morgan fingerprint density at radius 1 is 1.12 bits per heavy atom. The van der Waals surface area contributed by atoms with Crippen LogP contribution in [-0.4, -0.2) is 55.3 Å². The minimum atomic E-state index is -0.434. The molecule has 2 saturated heterocycles. The molecule has 5 nitrogen and oxygen atoms in total. The van der Waals surface area contributed by atoms with Crippen molar-refractivity contribution in [1.29, 1.82) is 0 Å². The van der Waals surface area contributed by atoms with Gasteiger partial charge < -0.3 is 19.5 Å². The Hall–Kier alpha value is -1.08. The van der Waals surface area contributed by atoms with Crippen LogP contribution in [0.2, 0.25) is 0 Å². The molecule has 2 fully saturated rings. The molecule has 24 heavy (non-hydrogen) atoms. The monoisotopic (exact) mass is 352 g/mol. The summed E-state index contributed by atoms with van der Waals surface area (Å²) in [5.74, 6) is 0.0740. The molecular weight excluding hydrogens is 326 g/mol. The molecule has 3 rings (SSSR count). The van der Waals surface area contributed by atoms with E-state index in [2.05, 4.69) is 5.32 Å². The lowest BCUT2D eigenvalue weighted by atomic mass is 9.78. The van der Waals surface area contributed by atoms with Gasteiger partial charge in [-0.1, -0.05) is 12.1 Å². The molecule has 1 aromatic carbocycles. The Labute approximate surface area is 150 Å². The Morgan fingerprint density at radius 3 is 2.29 bits per heavy atom. The third-order valence-electron chi connectivity index (χ3n) is 5.06. The molecule has 1 N–H and O–H groups in total. The molecule has 0 atom stereocenters. The van der Waals surface area contributed by atoms with Crippen LogP contribution in [0.4, 0.5) is 0 Å². The number of nitrogens with one attached hydrogen (secondary N) is 1. The van der Waals surface area contributed by atoms with Gasteiger partial charge in [0.15, 0.2) is 0 Å². The average Bonchev–Trinajstić information content (AvgIpc) is 2.76. The summed E-state index contributed by atoms with van der Waals surface area (Å²) in [5, 5.41) is 3.26. The van der Waals surface area contributed by atoms with Crippen LogP contribution in [0.3, 0.4) is 0 Å². The van der Waals surface area contributed by atoms with Gasteiger partial charge in [0.1, 0.15) is 0 Å². The summed E-state index contributed by atoms with van der Waals surface area (Å²) in [7, 11) is -0.434. The normalized spacial score (nSPS) is 22.2. The molecule has 0 aliphatic carbocycles. The third-order valence-corrected chi connectivity index (χ3v) is 5.06. The highest BCUT2D eigenvalue weighted by Crippen LogP contribution is 2.36. The number of hydrogen-bond acceptors (Lipinski definition) is 4. The van der Waals surface area contributed by atoms with Crippen molar-refractivity contribution in [2.45, 2.75) is 38.9 Å². The van der Waals surface area contributed by atoms with E-state index < -0.39 is 7.12 Å². The van der Waals surface area contributed by atoms with E-state index in [9.17, 15) is 4.79 Å². The van der Waals surface area contributed by atoms with Gasteiger partial charge in [-0.05, 0) is 45.3 Å². The molecule has 0 aromatic heterocycles. The van der Waals surface area contributed by atoms with Crippen LogP contribution in [0.1, 0.15) is 38.1 Å². The summed E-state index contributed by atoms with van der Waals surface area (Å²) in [5.41, 5.74) is 0.829. The number of piperazine rings is 1. The Kier molecular flexibility index (Phi) is 5.65. The molecule has 7 heteroatoms. The maximum Gasteiger partial charge on any atom is 0.494 e. The van der Waals surface area contributed by atoms with E-state index in [-0.39, 0.29) is 29.5 Å². The quantitative estimate of drug-likeness (QED) is 0.819. The largest absolute Gasteiger partial charge is 0.494 e. The summed E-state index contributed by atoms with van der Waals surface area (Å²) in [6.45, 7) is 11.3. The standard InChI is InChI=1S/C17H25BN2O3.ClH/c1-16(2)17(3,4)23-18(22-16)14-7-5-6-13(12-14)15(21)20-10-8-19-9-11-20;/h5-7,12,19H,8-11H2,1-4H3;1H. The van der Waals surface area contributed by atoms with Crippen LogP contribution in [0, 0.1) is 0 Å². The second-order valence-corrected chi connectivity index (χ2v) is 7.26. The van der Waals surface area contributed by atoms with Gasteiger partial charge in [0, 0.05) is 31.7 Å². The molecule has 2 heterocycles. The second-order valence-electron chi connectivity index (χ2n) is 7.26. The Morgan fingerprint density at radius 2 is 1.71 bits per heavy atom. The molecule has 1 aromatic rings. The van der Waals surface area contributed by atoms with Gasteiger partial charge in [-0.25, -0.2) is 0 Å². The Bertz CT molecular complexity index is 587. The lowest BCUT2D eigenvalue weighted by Crippen LogP contribution is -2.46. The zero-order valence-corrected chi connectivity index (χ0v) is 15.6. The first-order valence-electron chi connectivity index (χ1n) is 8.26. The van der Waals surface area contributed by atoms with Crippen molar-refractivity contribution < 1.29 is 14.1 Å². The van der Waals surface area contributed by atoms with E-state index in [1.54, 1.807) is 0 Å². The maximum atomic E-state index is 12.6. The van der Waals surface area contributed by atoms with Crippen LogP contribution in [0.25, 0.3) is 0 Å². The van der Waals surface area contributed by atoms with Gasteiger partial charge in [-0.15, -0.1) is 12.4 Å². The minimum absolute atomic E-state index is 0. The lowest BCUT2D eigenvalue weighted by molar-refractivity contribution is 0.00578. The van der Waals surface area contributed by atoms with Gasteiger partial charge in [-0.3, -0.25) is 4.79 Å². The zero-order chi connectivity index (χ0) is 16.7. The van der Waals surface area contributed by atoms with Gasteiger partial charge in [0.05, 0.1) is 11.2 Å². The molecule has 1 amide bonds. The molecule has 0 radical (unpaired) electrons. The summed E-state index contributed by atoms with van der Waals surface area (Å²) in [6, 6.07) is 7.61. The minimum Gasteiger partial charge on any atom is -0.399 e. The number of carbonyl (C=O) groups is 1. The number of amides is 1. The zero-order valence-electron chi connectivity index (χ0n) is 14.8. The van der Waals surface area contributed by atoms with Crippen LogP contribution in [0.5, 0.6) is 0 Å². The summed E-state index contributed by atoms with van der Waals surface area (Å²) >= 11 is 0. The highest BCUT2D eigenvalue weighted by molar-refractivity contribution is 6.62. The van der Waals surface area contributed by atoms with Crippen molar-refractivity contribution in [3.8, 4) is 0 Å². The van der Waals surface area contributed by atoms with Gasteiger partial charge in [-0.2, -0.15) is 0 Å². The number of nitrogens with zero attached hydrogens (tertiary/aromatic N) is 1. The van der Waals surface area contributed by atoms with Crippen LogP contribution < -0.4 is 10.8 Å². The smallest absolute Gasteiger partial charge is 0.399 e. The summed E-state index contributed by atoms with van der Waals surface area (Å²) in [4.78, 5) is 14.5. The van der Waals surface area contributed by atoms with E-state index >= 15 is 0 Å². The van der Waals surface area contributed by atoms with E-state index in [4.69, 9.17) is 9.31 Å². The molecule has 132 valence electrons. The fourth-order valence-electron chi connectivity index (χ4n) is 2.85. The second kappa shape index (κ2) is 7.04. The predicted octanol–water partition coefficient (Wildman–Crippen LogP) is 1.45. The van der Waals surface area contributed by atoms with Crippen molar-refractivity contribution in [2.75, 3.05) is 26.2 Å². The molecule has 2 aliphatic rings. The number of carbonyl (C=O) groups excluding carboxylic acids is 1. The third kappa shape index (κ3) is 3.62. The molecule has 0 unspecified atom stereocenters. The van der Waals surface area contributed by atoms with Crippen molar-refractivity contribution in [1.82, 2.24) is 10.2 Å². The molecule has 2 aliphatic heterocycles. The van der Waals surface area contributed by atoms with E-state index in [0.29, 0.717) is 5.56 Å². The predicted molar refractivity (Wildman–Crippen MR) is 98.2 cm³/mol. The molecule has 0 bridgehead atoms. The SMILES string of the molecule is CC1(C)OB(c2cccc(C(=O)N3CCNCC3)c2)OC1(C)C.Cl. The van der Waals surface area contributed by atoms with Gasteiger partial charge in [0.25, 0.3) is 5.91 Å². The van der Waals surface area contributed by atoms with Crippen molar-refractivity contribution in [3.05, 3.63) is 29.8 Å². The number of benzene rings is 1. The Balaban J connectivity index is 0.00000208. The van der Waals surface area contributed by atoms with Crippen molar-refractivity contribution >= 4 is 30.9 Å². The fraction of sp³-hybridized carbons (Fsp3) is 0.588. The van der Waals surface area contributed by atoms with Crippen LogP contribution in [0.15, 0.2) is 24.3 Å². The number of halogens is 1. The number of hydrogen-bond donors (Lipinski definition) is 1. The number of rotatable bonds is 2. The maximum absolute atomic E-state index is 12.6. The molecule has 0 saturated carbocycles. The highest BCUT2D eigenvalue weighted by Gasteiger charge is 2.51. The molecule has 0 spiro atoms. The fourth-order valence-corrected chi connectivity index (χ4v) is 2.85. The van der Waals surface area contributed by atoms with Gasteiger partial charge >= 0.3 is 7.12 Å². The first-order chi connectivity index (χ1) is 10.8. The van der Waals surface area contributed by atoms with E-state index in [0.717, 1.165) is 31.6 Å². The topological polar surface area (TPSA) is 50.8 Å². The van der Waals surface area contributed by atoms with Crippen molar-refractivity contribution in [3.63, 3.8) is 0 Å². The van der Waals surface area contributed by atoms with Crippen LogP contribution >= 0.6 is 12.4 Å². The van der Waals surface area contributed by atoms with E-state index in [1.165, 1.54) is 0 Å².